The highest BCUT2D eigenvalue weighted by Gasteiger charge is 2.36. The lowest BCUT2D eigenvalue weighted by atomic mass is 10.0. The van der Waals surface area contributed by atoms with Gasteiger partial charge in [-0.05, 0) is 49.6 Å². The second-order valence-corrected chi connectivity index (χ2v) is 7.77. The van der Waals surface area contributed by atoms with Crippen molar-refractivity contribution in [3.05, 3.63) is 69.4 Å². The molecule has 0 aliphatic carbocycles. The van der Waals surface area contributed by atoms with Crippen molar-refractivity contribution in [3.63, 3.8) is 0 Å². The Hall–Kier alpha value is -2.86. The number of benzene rings is 1. The van der Waals surface area contributed by atoms with Crippen LogP contribution in [-0.4, -0.2) is 34.9 Å². The highest BCUT2D eigenvalue weighted by atomic mass is 16.3. The monoisotopic (exact) mass is 379 g/mol. The molecule has 0 spiro atoms. The van der Waals surface area contributed by atoms with Crippen molar-refractivity contribution in [1.29, 1.82) is 0 Å². The predicted molar refractivity (Wildman–Crippen MR) is 108 cm³/mol. The zero-order chi connectivity index (χ0) is 19.8. The average Bonchev–Trinajstić information content (AvgIpc) is 3.21. The normalized spacial score (nSPS) is 20.0. The number of carbonyl (C=O) groups is 1. The molecule has 1 saturated heterocycles. The summed E-state index contributed by atoms with van der Waals surface area (Å²) in [4.78, 5) is 29.4. The standard InChI is InChI=1S/C22H25N3O3/c1-13-4-6-19-16(8-13)9-17(22(27)24-19)10-25-11-18(20(12-25)23-15(3)26)21-7-5-14(2)28-21/h4-9,18,20H,10-12H2,1-3H3,(H,23,26)(H,24,27)/t18-,20-/m1/s1. The largest absolute Gasteiger partial charge is 0.466 e. The van der Waals surface area contributed by atoms with Gasteiger partial charge in [-0.3, -0.25) is 14.5 Å². The van der Waals surface area contributed by atoms with Crippen LogP contribution in [0.25, 0.3) is 10.9 Å². The Bertz CT molecular complexity index is 1080. The second kappa shape index (κ2) is 7.28. The summed E-state index contributed by atoms with van der Waals surface area (Å²) in [6.07, 6.45) is 0. The van der Waals surface area contributed by atoms with Gasteiger partial charge in [-0.15, -0.1) is 0 Å². The number of nitrogens with one attached hydrogen (secondary N) is 2. The van der Waals surface area contributed by atoms with Crippen molar-refractivity contribution in [3.8, 4) is 0 Å². The van der Waals surface area contributed by atoms with E-state index in [-0.39, 0.29) is 23.4 Å². The molecule has 1 aromatic carbocycles. The molecule has 2 atom stereocenters. The van der Waals surface area contributed by atoms with Crippen molar-refractivity contribution in [2.24, 2.45) is 0 Å². The first-order valence-corrected chi connectivity index (χ1v) is 9.57. The molecule has 0 radical (unpaired) electrons. The lowest BCUT2D eigenvalue weighted by Gasteiger charge is -2.17. The number of fused-ring (bicyclic) bond motifs is 1. The van der Waals surface area contributed by atoms with Gasteiger partial charge in [0.2, 0.25) is 5.91 Å². The van der Waals surface area contributed by atoms with E-state index in [4.69, 9.17) is 4.42 Å². The molecule has 28 heavy (non-hydrogen) atoms. The molecule has 6 nitrogen and oxygen atoms in total. The fourth-order valence-corrected chi connectivity index (χ4v) is 4.09. The Morgan fingerprint density at radius 3 is 2.75 bits per heavy atom. The van der Waals surface area contributed by atoms with E-state index in [0.29, 0.717) is 13.1 Å². The summed E-state index contributed by atoms with van der Waals surface area (Å²) in [5.74, 6) is 1.75. The molecule has 1 aliphatic rings. The van der Waals surface area contributed by atoms with Gasteiger partial charge in [-0.25, -0.2) is 0 Å². The fourth-order valence-electron chi connectivity index (χ4n) is 4.09. The van der Waals surface area contributed by atoms with Crippen LogP contribution in [-0.2, 0) is 11.3 Å². The maximum atomic E-state index is 12.5. The summed E-state index contributed by atoms with van der Waals surface area (Å²) in [6.45, 7) is 7.42. The van der Waals surface area contributed by atoms with E-state index in [0.717, 1.165) is 40.1 Å². The lowest BCUT2D eigenvalue weighted by molar-refractivity contribution is -0.119. The number of aromatic nitrogens is 1. The Balaban J connectivity index is 1.59. The molecule has 1 fully saturated rings. The number of aromatic amines is 1. The molecule has 3 aromatic rings. The number of hydrogen-bond donors (Lipinski definition) is 2. The predicted octanol–water partition coefficient (Wildman–Crippen LogP) is 2.84. The summed E-state index contributed by atoms with van der Waals surface area (Å²) < 4.78 is 5.83. The Labute approximate surface area is 163 Å². The third kappa shape index (κ3) is 3.73. The van der Waals surface area contributed by atoms with Gasteiger partial charge in [0.25, 0.3) is 5.56 Å². The van der Waals surface area contributed by atoms with Gasteiger partial charge in [0.1, 0.15) is 11.5 Å². The highest BCUT2D eigenvalue weighted by molar-refractivity contribution is 5.79. The zero-order valence-corrected chi connectivity index (χ0v) is 16.4. The van der Waals surface area contributed by atoms with Crippen LogP contribution in [0, 0.1) is 13.8 Å². The van der Waals surface area contributed by atoms with Crippen molar-refractivity contribution >= 4 is 16.8 Å². The van der Waals surface area contributed by atoms with Crippen LogP contribution < -0.4 is 10.9 Å². The summed E-state index contributed by atoms with van der Waals surface area (Å²) in [5, 5.41) is 4.07. The maximum Gasteiger partial charge on any atom is 0.252 e. The minimum atomic E-state index is -0.0651. The minimum absolute atomic E-state index is 0.0372. The van der Waals surface area contributed by atoms with Gasteiger partial charge in [0, 0.05) is 37.6 Å². The van der Waals surface area contributed by atoms with Crippen molar-refractivity contribution < 1.29 is 9.21 Å². The number of nitrogens with zero attached hydrogens (tertiary/aromatic N) is 1. The molecule has 1 aliphatic heterocycles. The average molecular weight is 379 g/mol. The number of likely N-dealkylation sites (tertiary alicyclic amines) is 1. The third-order valence-corrected chi connectivity index (χ3v) is 5.38. The van der Waals surface area contributed by atoms with Crippen LogP contribution in [0.3, 0.4) is 0 Å². The van der Waals surface area contributed by atoms with Gasteiger partial charge in [0.15, 0.2) is 0 Å². The molecule has 2 aromatic heterocycles. The number of amides is 1. The molecule has 4 rings (SSSR count). The first kappa shape index (κ1) is 18.5. The number of hydrogen-bond acceptors (Lipinski definition) is 4. The van der Waals surface area contributed by atoms with Gasteiger partial charge in [0.05, 0.1) is 12.0 Å². The number of pyridine rings is 1. The van der Waals surface area contributed by atoms with E-state index in [2.05, 4.69) is 21.3 Å². The molecule has 6 heteroatoms. The molecular weight excluding hydrogens is 354 g/mol. The van der Waals surface area contributed by atoms with Crippen LogP contribution in [0.2, 0.25) is 0 Å². The number of rotatable bonds is 4. The summed E-state index contributed by atoms with van der Waals surface area (Å²) in [6, 6.07) is 11.9. The SMILES string of the molecule is CC(=O)N[C@@H]1CN(Cc2cc3cc(C)ccc3[nH]c2=O)C[C@H]1c1ccc(C)o1. The highest BCUT2D eigenvalue weighted by Crippen LogP contribution is 2.30. The van der Waals surface area contributed by atoms with Crippen LogP contribution in [0.5, 0.6) is 0 Å². The van der Waals surface area contributed by atoms with E-state index >= 15 is 0 Å². The zero-order valence-electron chi connectivity index (χ0n) is 16.4. The molecule has 3 heterocycles. The van der Waals surface area contributed by atoms with Crippen LogP contribution in [0.4, 0.5) is 0 Å². The Morgan fingerprint density at radius 1 is 1.21 bits per heavy atom. The van der Waals surface area contributed by atoms with Crippen LogP contribution >= 0.6 is 0 Å². The van der Waals surface area contributed by atoms with Crippen LogP contribution in [0.15, 0.2) is 45.6 Å². The van der Waals surface area contributed by atoms with Gasteiger partial charge in [-0.2, -0.15) is 0 Å². The molecule has 0 saturated carbocycles. The number of aryl methyl sites for hydroxylation is 2. The Kier molecular flexibility index (Phi) is 4.81. The summed E-state index contributed by atoms with van der Waals surface area (Å²) in [7, 11) is 0. The molecule has 0 unspecified atom stereocenters. The van der Waals surface area contributed by atoms with E-state index in [9.17, 15) is 9.59 Å². The Morgan fingerprint density at radius 2 is 2.04 bits per heavy atom. The van der Waals surface area contributed by atoms with E-state index < -0.39 is 0 Å². The second-order valence-electron chi connectivity index (χ2n) is 7.77. The minimum Gasteiger partial charge on any atom is -0.466 e. The maximum absolute atomic E-state index is 12.5. The molecule has 1 amide bonds. The number of carbonyl (C=O) groups excluding carboxylic acids is 1. The number of H-pyrrole nitrogens is 1. The van der Waals surface area contributed by atoms with E-state index in [1.165, 1.54) is 6.92 Å². The smallest absolute Gasteiger partial charge is 0.252 e. The summed E-state index contributed by atoms with van der Waals surface area (Å²) >= 11 is 0. The van der Waals surface area contributed by atoms with Gasteiger partial charge >= 0.3 is 0 Å². The third-order valence-electron chi connectivity index (χ3n) is 5.38. The molecular formula is C22H25N3O3. The lowest BCUT2D eigenvalue weighted by Crippen LogP contribution is -2.38. The number of furan rings is 1. The van der Waals surface area contributed by atoms with E-state index in [1.807, 2.05) is 44.2 Å². The van der Waals surface area contributed by atoms with Crippen molar-refractivity contribution in [2.45, 2.75) is 39.3 Å². The van der Waals surface area contributed by atoms with Crippen molar-refractivity contribution in [2.75, 3.05) is 13.1 Å². The molecule has 2 N–H and O–H groups in total. The fraction of sp³-hybridized carbons (Fsp3) is 0.364. The van der Waals surface area contributed by atoms with Crippen LogP contribution in [0.1, 0.15) is 35.5 Å². The molecule has 0 bridgehead atoms. The van der Waals surface area contributed by atoms with E-state index in [1.54, 1.807) is 0 Å². The molecule has 146 valence electrons. The van der Waals surface area contributed by atoms with Gasteiger partial charge < -0.3 is 14.7 Å². The summed E-state index contributed by atoms with van der Waals surface area (Å²) in [5.41, 5.74) is 2.67. The topological polar surface area (TPSA) is 78.3 Å². The first-order chi connectivity index (χ1) is 13.4. The first-order valence-electron chi connectivity index (χ1n) is 9.57. The van der Waals surface area contributed by atoms with Gasteiger partial charge in [-0.1, -0.05) is 11.6 Å². The van der Waals surface area contributed by atoms with Crippen molar-refractivity contribution in [1.82, 2.24) is 15.2 Å². The quantitative estimate of drug-likeness (QED) is 0.731.